The average Bonchev–Trinajstić information content (AvgIpc) is 0.934. The normalized spacial score (nSPS) is 15.8. The number of hydrogen-bond acceptors (Lipinski definition) is 31. The lowest BCUT2D eigenvalue weighted by Crippen LogP contribution is -2.50. The summed E-state index contributed by atoms with van der Waals surface area (Å²) in [6, 6.07) is 40.0. The molecule has 12 heterocycles. The molecule has 32 nitrogen and oxygen atoms in total. The van der Waals surface area contributed by atoms with Crippen molar-refractivity contribution in [1.82, 2.24) is 60.0 Å². The van der Waals surface area contributed by atoms with E-state index >= 15 is 0 Å². The highest BCUT2D eigenvalue weighted by molar-refractivity contribution is 5.85. The molecule has 37 heteroatoms. The minimum Gasteiger partial charge on any atom is -0.489 e. The molecule has 6 aromatic heterocycles. The number of piperazine rings is 3. The van der Waals surface area contributed by atoms with Crippen molar-refractivity contribution in [3.63, 3.8) is 0 Å². The summed E-state index contributed by atoms with van der Waals surface area (Å²) in [6.07, 6.45) is 4.60. The van der Waals surface area contributed by atoms with Crippen molar-refractivity contribution in [3.05, 3.63) is 145 Å². The van der Waals surface area contributed by atoms with Crippen molar-refractivity contribution in [2.45, 2.75) is 109 Å². The lowest BCUT2D eigenvalue weighted by molar-refractivity contribution is 0.0237. The second kappa shape index (κ2) is 46.3. The largest absolute Gasteiger partial charge is 0.489 e. The molecule has 15 rings (SSSR count). The second-order valence-corrected chi connectivity index (χ2v) is 30.3. The predicted molar refractivity (Wildman–Crippen MR) is 465 cm³/mol. The molecule has 0 atom stereocenters. The average molecular weight is 1740 g/mol. The van der Waals surface area contributed by atoms with Gasteiger partial charge in [-0.25, -0.2) is 52.3 Å². The zero-order chi connectivity index (χ0) is 87.3. The number of benzene rings is 3. The van der Waals surface area contributed by atoms with Crippen molar-refractivity contribution in [2.24, 2.45) is 0 Å². The molecule has 9 aromatic rings. The highest BCUT2D eigenvalue weighted by atomic mass is 35.5. The van der Waals surface area contributed by atoms with Crippen LogP contribution in [0.2, 0.25) is 0 Å². The Bertz CT molecular complexity index is 5130. The van der Waals surface area contributed by atoms with Gasteiger partial charge in [0, 0.05) is 158 Å². The number of nitrogens with zero attached hydrogens (tertiary/aromatic N) is 17. The van der Waals surface area contributed by atoms with E-state index in [1.165, 1.54) is 25.9 Å². The number of rotatable bonds is 24. The number of aromatic nitrogens is 9. The topological polar surface area (TPSA) is 361 Å². The van der Waals surface area contributed by atoms with E-state index in [-0.39, 0.29) is 49.8 Å². The fraction of sp³-hybridized carbons (Fsp3) is 0.443. The maximum atomic E-state index is 12.7. The maximum absolute atomic E-state index is 12.7. The number of pyridine rings is 3. The van der Waals surface area contributed by atoms with E-state index in [9.17, 15) is 38.1 Å². The fourth-order valence-electron chi connectivity index (χ4n) is 14.1. The SMILES string of the molecule is CCC(F)F.COc1nc(Nc2cc(-c3ccc(OC4CCOCC4)c(C#N)c3)ncn2)ccc1N1CCN(C(=O)OC(C)(C)C)CC1.COc1nc(Nc2cc(-c3ccc(OC4CCOCC4)c(C#N)c3)ncn2)ccc1N1CCN(CC(F)F)CC1.COc1nc(Nc2cc(-c3ccc(OC4CCOCC4)c(C#N)c3)ncn2)ccc1N1CCNCC1.Cl. The van der Waals surface area contributed by atoms with E-state index in [0.29, 0.717) is 196 Å². The first-order valence-corrected chi connectivity index (χ1v) is 41.3. The molecule has 1 amide bonds. The molecule has 0 spiro atoms. The molecule has 662 valence electrons. The minimum atomic E-state index is -2.33. The third-order valence-electron chi connectivity index (χ3n) is 20.6. The third kappa shape index (κ3) is 27.0. The first-order chi connectivity index (χ1) is 60.2. The van der Waals surface area contributed by atoms with Crippen molar-refractivity contribution in [1.29, 1.82) is 15.8 Å². The van der Waals surface area contributed by atoms with Gasteiger partial charge in [0.15, 0.2) is 0 Å². The number of methoxy groups -OCH3 is 3. The first kappa shape index (κ1) is 93.2. The summed E-state index contributed by atoms with van der Waals surface area (Å²) in [6.45, 7) is 19.2. The standard InChI is InChI=1S/C31H37N7O5.C28H31F2N7O3.C26H29N7O3.C3H6F2.ClH/c1-31(2,3)43-30(39)38-13-11-37(12-14-38)25-6-8-27(36-29(25)40-4)35-28-18-24(33-20-34-28)21-5-7-26(22(17-21)19-32)42-23-9-15-41-16-10-23;1-38-28-23(37-10-8-36(9-11-37)17-25(29)30)3-5-26(35-28)34-27-15-22(32-18-33-27)19-2-4-24(20(14-19)16-31)40-21-6-12-39-13-7-21;1-34-26-22(33-10-8-28-9-11-33)3-5-24(32-26)31-25-15-21(29-17-30-25)18-2-4-23(19(14-18)16-27)36-20-6-12-35-13-7-20;1-2-3(4)5;/h5-8,17-18,20,23H,9-16H2,1-4H3,(H,33,34,35,36);2-5,14-15,18,21,25H,6-13,17H2,1H3,(H,32,33,34,35);2-5,14-15,17,20,28H,6-13H2,1H3,(H,29,30,31,32);3H,2H2,1H3;1H. The molecule has 6 saturated heterocycles. The molecule has 125 heavy (non-hydrogen) atoms. The Hall–Kier alpha value is -12.5. The van der Waals surface area contributed by atoms with E-state index in [4.69, 9.17) is 47.4 Å². The molecule has 0 saturated carbocycles. The number of anilines is 9. The van der Waals surface area contributed by atoms with Crippen molar-refractivity contribution in [3.8, 4) is 86.9 Å². The Kier molecular flexibility index (Phi) is 34.5. The van der Waals surface area contributed by atoms with Gasteiger partial charge in [0.25, 0.3) is 6.43 Å². The van der Waals surface area contributed by atoms with Crippen LogP contribution >= 0.6 is 12.4 Å². The molecule has 6 aliphatic heterocycles. The summed E-state index contributed by atoms with van der Waals surface area (Å²) in [5, 5.41) is 42.2. The number of amides is 1. The van der Waals surface area contributed by atoms with Crippen molar-refractivity contribution in [2.75, 3.05) is 177 Å². The zero-order valence-corrected chi connectivity index (χ0v) is 71.7. The van der Waals surface area contributed by atoms with Crippen LogP contribution in [-0.2, 0) is 18.9 Å². The Morgan fingerprint density at radius 1 is 0.464 bits per heavy atom. The number of ether oxygens (including phenoxy) is 10. The summed E-state index contributed by atoms with van der Waals surface area (Å²) in [5.41, 5.74) is 7.76. The smallest absolute Gasteiger partial charge is 0.410 e. The molecule has 6 fully saturated rings. The summed E-state index contributed by atoms with van der Waals surface area (Å²) < 4.78 is 104. The van der Waals surface area contributed by atoms with Crippen LogP contribution in [-0.4, -0.2) is 244 Å². The van der Waals surface area contributed by atoms with Crippen molar-refractivity contribution < 1.29 is 69.7 Å². The number of halogens is 5. The van der Waals surface area contributed by atoms with Gasteiger partial charge in [0.1, 0.15) is 130 Å². The van der Waals surface area contributed by atoms with E-state index in [0.717, 1.165) is 98.5 Å². The molecule has 4 N–H and O–H groups in total. The third-order valence-corrected chi connectivity index (χ3v) is 20.6. The number of alkyl halides is 4. The van der Waals surface area contributed by atoms with Crippen LogP contribution in [0.4, 0.5) is 74.3 Å². The van der Waals surface area contributed by atoms with Crippen LogP contribution < -0.4 is 64.4 Å². The molecule has 0 unspecified atom stereocenters. The van der Waals surface area contributed by atoms with Crippen LogP contribution in [0.15, 0.2) is 128 Å². The van der Waals surface area contributed by atoms with Crippen LogP contribution in [0, 0.1) is 34.0 Å². The Morgan fingerprint density at radius 3 is 1.10 bits per heavy atom. The van der Waals surface area contributed by atoms with Crippen molar-refractivity contribution >= 4 is 70.5 Å². The van der Waals surface area contributed by atoms with Crippen LogP contribution in [0.5, 0.6) is 34.9 Å². The molecular weight excluding hydrogens is 1640 g/mol. The molecule has 0 bridgehead atoms. The molecule has 3 aromatic carbocycles. The highest BCUT2D eigenvalue weighted by Gasteiger charge is 2.30. The van der Waals surface area contributed by atoms with Gasteiger partial charge in [-0.2, -0.15) is 30.7 Å². The van der Waals surface area contributed by atoms with E-state index in [1.807, 2.05) is 93.6 Å². The van der Waals surface area contributed by atoms with Gasteiger partial charge in [0.05, 0.1) is 101 Å². The zero-order valence-electron chi connectivity index (χ0n) is 70.9. The monoisotopic (exact) mass is 1740 g/mol. The Labute approximate surface area is 730 Å². The van der Waals surface area contributed by atoms with Crippen LogP contribution in [0.25, 0.3) is 33.8 Å². The summed E-state index contributed by atoms with van der Waals surface area (Å²) in [4.78, 5) is 62.5. The fourth-order valence-corrected chi connectivity index (χ4v) is 14.1. The highest BCUT2D eigenvalue weighted by Crippen LogP contribution is 2.37. The predicted octanol–water partition coefficient (Wildman–Crippen LogP) is 14.1. The number of hydrogen-bond donors (Lipinski definition) is 4. The van der Waals surface area contributed by atoms with Gasteiger partial charge in [-0.3, -0.25) is 4.90 Å². The first-order valence-electron chi connectivity index (χ1n) is 41.3. The quantitative estimate of drug-likeness (QED) is 0.0408. The molecule has 0 aliphatic carbocycles. The number of nitriles is 3. The number of carbonyl (C=O) groups is 1. The number of carbonyl (C=O) groups excluding carboxylic acids is 1. The van der Waals surface area contributed by atoms with E-state index in [1.54, 1.807) is 67.5 Å². The molecule has 6 aliphatic rings. The Balaban J connectivity index is 0.000000177. The maximum Gasteiger partial charge on any atom is 0.410 e. The van der Waals surface area contributed by atoms with E-state index in [2.05, 4.69) is 99.0 Å². The number of nitrogens with one attached hydrogen (secondary N) is 4. The van der Waals surface area contributed by atoms with Gasteiger partial charge < -0.3 is 88.2 Å². The molecule has 0 radical (unpaired) electrons. The van der Waals surface area contributed by atoms with Gasteiger partial charge in [-0.15, -0.1) is 12.4 Å². The van der Waals surface area contributed by atoms with Crippen LogP contribution in [0.3, 0.4) is 0 Å². The Morgan fingerprint density at radius 2 is 0.792 bits per heavy atom. The minimum absolute atomic E-state index is 0. The summed E-state index contributed by atoms with van der Waals surface area (Å²) in [5.74, 6) is 6.51. The van der Waals surface area contributed by atoms with Gasteiger partial charge in [0.2, 0.25) is 24.1 Å². The van der Waals surface area contributed by atoms with E-state index < -0.39 is 18.5 Å². The lowest BCUT2D eigenvalue weighted by Gasteiger charge is -2.37. The van der Waals surface area contributed by atoms with Gasteiger partial charge >= 0.3 is 6.09 Å². The lowest BCUT2D eigenvalue weighted by atomic mass is 10.1. The molecular formula is C88H104ClF4N21O11. The summed E-state index contributed by atoms with van der Waals surface area (Å²) >= 11 is 0. The van der Waals surface area contributed by atoms with Gasteiger partial charge in [-0.1, -0.05) is 6.92 Å². The van der Waals surface area contributed by atoms with Gasteiger partial charge in [-0.05, 0) is 112 Å². The summed E-state index contributed by atoms with van der Waals surface area (Å²) in [7, 11) is 4.76. The van der Waals surface area contributed by atoms with Crippen LogP contribution in [0.1, 0.15) is 89.3 Å². The second-order valence-electron chi connectivity index (χ2n) is 30.3.